The number of H-pyrrole nitrogens is 1. The summed E-state index contributed by atoms with van der Waals surface area (Å²) in [5.74, 6) is 1.46. The summed E-state index contributed by atoms with van der Waals surface area (Å²) >= 11 is 0. The molecule has 0 amide bonds. The second-order valence-corrected chi connectivity index (χ2v) is 7.39. The molecule has 0 fully saturated rings. The minimum atomic E-state index is -0.520. The molecule has 0 aliphatic rings. The van der Waals surface area contributed by atoms with Gasteiger partial charge in [0.25, 0.3) is 0 Å². The second kappa shape index (κ2) is 9.26. The summed E-state index contributed by atoms with van der Waals surface area (Å²) in [4.78, 5) is 8.08. The van der Waals surface area contributed by atoms with Crippen LogP contribution in [0.4, 0.5) is 8.78 Å². The maximum atomic E-state index is 13.9. The third-order valence-electron chi connectivity index (χ3n) is 5.27. The summed E-state index contributed by atoms with van der Waals surface area (Å²) < 4.78 is 44.0. The molecule has 1 N–H and O–H groups in total. The third-order valence-corrected chi connectivity index (χ3v) is 5.27. The number of imidazole rings is 1. The average Bonchev–Trinajstić information content (AvgIpc) is 3.22. The van der Waals surface area contributed by atoms with E-state index in [9.17, 15) is 8.78 Å². The largest absolute Gasteiger partial charge is 0.494 e. The van der Waals surface area contributed by atoms with Crippen molar-refractivity contribution in [1.29, 1.82) is 0 Å². The number of methoxy groups -OCH3 is 1. The molecule has 32 heavy (non-hydrogen) atoms. The monoisotopic (exact) mass is 438 g/mol. The molecule has 0 radical (unpaired) electrons. The minimum absolute atomic E-state index is 0.0402. The lowest BCUT2D eigenvalue weighted by molar-refractivity contribution is 0.279. The van der Waals surface area contributed by atoms with Crippen molar-refractivity contribution in [1.82, 2.24) is 9.97 Å². The van der Waals surface area contributed by atoms with Crippen molar-refractivity contribution in [2.75, 3.05) is 13.7 Å². The zero-order chi connectivity index (χ0) is 22.7. The van der Waals surface area contributed by atoms with Gasteiger partial charge in [-0.15, -0.1) is 0 Å². The van der Waals surface area contributed by atoms with Crippen molar-refractivity contribution in [2.45, 2.75) is 26.4 Å². The van der Waals surface area contributed by atoms with Crippen LogP contribution >= 0.6 is 0 Å². The van der Waals surface area contributed by atoms with Crippen molar-refractivity contribution in [2.24, 2.45) is 0 Å². The summed E-state index contributed by atoms with van der Waals surface area (Å²) in [5, 5.41) is 0. The Bertz CT molecular complexity index is 1240. The van der Waals surface area contributed by atoms with Crippen LogP contribution in [0.5, 0.6) is 17.2 Å². The van der Waals surface area contributed by atoms with Gasteiger partial charge < -0.3 is 19.2 Å². The highest BCUT2D eigenvalue weighted by atomic mass is 19.1. The second-order valence-electron chi connectivity index (χ2n) is 7.39. The number of hydrogen-bond acceptors (Lipinski definition) is 4. The normalized spacial score (nSPS) is 12.0. The van der Waals surface area contributed by atoms with Crippen LogP contribution in [0.2, 0.25) is 0 Å². The number of halogens is 2. The zero-order valence-electron chi connectivity index (χ0n) is 18.1. The van der Waals surface area contributed by atoms with Gasteiger partial charge in [-0.05, 0) is 55.0 Å². The number of nitrogens with zero attached hydrogens (tertiary/aromatic N) is 1. The van der Waals surface area contributed by atoms with Crippen molar-refractivity contribution in [3.63, 3.8) is 0 Å². The van der Waals surface area contributed by atoms with Gasteiger partial charge in [-0.2, -0.15) is 0 Å². The van der Waals surface area contributed by atoms with E-state index in [-0.39, 0.29) is 18.1 Å². The van der Waals surface area contributed by atoms with E-state index in [0.29, 0.717) is 18.1 Å². The summed E-state index contributed by atoms with van der Waals surface area (Å²) in [6, 6.07) is 14.6. The summed E-state index contributed by atoms with van der Waals surface area (Å²) in [6.07, 6.45) is 0. The molecule has 0 spiro atoms. The van der Waals surface area contributed by atoms with Crippen LogP contribution in [0.25, 0.3) is 11.0 Å². The van der Waals surface area contributed by atoms with Crippen LogP contribution < -0.4 is 14.2 Å². The molecule has 0 aliphatic heterocycles. The van der Waals surface area contributed by atoms with E-state index in [1.54, 1.807) is 6.07 Å². The first-order valence-electron chi connectivity index (χ1n) is 10.4. The number of aromatic amines is 1. The van der Waals surface area contributed by atoms with Crippen LogP contribution in [0.3, 0.4) is 0 Å². The van der Waals surface area contributed by atoms with Crippen LogP contribution in [-0.2, 0) is 6.61 Å². The Morgan fingerprint density at radius 1 is 0.969 bits per heavy atom. The molecule has 4 rings (SSSR count). The maximum Gasteiger partial charge on any atom is 0.161 e. The van der Waals surface area contributed by atoms with Crippen molar-refractivity contribution in [3.05, 3.63) is 83.2 Å². The quantitative estimate of drug-likeness (QED) is 0.368. The van der Waals surface area contributed by atoms with Crippen molar-refractivity contribution in [3.8, 4) is 17.2 Å². The summed E-state index contributed by atoms with van der Waals surface area (Å²) in [5.41, 5.74) is 2.87. The molecule has 4 aromatic rings. The van der Waals surface area contributed by atoms with E-state index < -0.39 is 11.6 Å². The van der Waals surface area contributed by atoms with Gasteiger partial charge in [0.1, 0.15) is 29.8 Å². The van der Waals surface area contributed by atoms with Crippen LogP contribution in [0.1, 0.15) is 36.7 Å². The highest BCUT2D eigenvalue weighted by Gasteiger charge is 2.17. The minimum Gasteiger partial charge on any atom is -0.494 e. The highest BCUT2D eigenvalue weighted by Crippen LogP contribution is 2.34. The SMILES string of the molecule is CCOc1ccc2[nH]c(C(C)c3ccc(OCc4cc(F)ccc4F)c(OC)c3)nc2c1. The van der Waals surface area contributed by atoms with Gasteiger partial charge in [0, 0.05) is 17.5 Å². The van der Waals surface area contributed by atoms with Gasteiger partial charge in [0.15, 0.2) is 11.5 Å². The van der Waals surface area contributed by atoms with Crippen LogP contribution in [0.15, 0.2) is 54.6 Å². The smallest absolute Gasteiger partial charge is 0.161 e. The lowest BCUT2D eigenvalue weighted by Crippen LogP contribution is -2.03. The third kappa shape index (κ3) is 4.51. The molecule has 1 heterocycles. The number of nitrogens with one attached hydrogen (secondary N) is 1. The Morgan fingerprint density at radius 3 is 2.59 bits per heavy atom. The Kier molecular flexibility index (Phi) is 6.25. The molecule has 5 nitrogen and oxygen atoms in total. The van der Waals surface area contributed by atoms with E-state index >= 15 is 0 Å². The molecule has 0 bridgehead atoms. The molecular formula is C25H24F2N2O3. The molecule has 1 atom stereocenters. The molecule has 3 aromatic carbocycles. The topological polar surface area (TPSA) is 56.4 Å². The molecule has 1 unspecified atom stereocenters. The number of fused-ring (bicyclic) bond motifs is 1. The molecule has 0 saturated heterocycles. The standard InChI is InChI=1S/C25H24F2N2O3/c1-4-31-19-7-9-21-22(13-19)29-25(28-21)15(2)16-5-10-23(24(12-16)30-3)32-14-17-11-18(26)6-8-20(17)27/h5-13,15H,4,14H2,1-3H3,(H,28,29). The Labute approximate surface area is 185 Å². The Hall–Kier alpha value is -3.61. The zero-order valence-corrected chi connectivity index (χ0v) is 18.1. The summed E-state index contributed by atoms with van der Waals surface area (Å²) in [7, 11) is 1.54. The highest BCUT2D eigenvalue weighted by molar-refractivity contribution is 5.77. The van der Waals surface area contributed by atoms with Gasteiger partial charge in [0.05, 0.1) is 24.8 Å². The van der Waals surface area contributed by atoms with E-state index in [2.05, 4.69) is 4.98 Å². The number of ether oxygens (including phenoxy) is 3. The number of aromatic nitrogens is 2. The molecule has 0 aliphatic carbocycles. The first-order valence-corrected chi connectivity index (χ1v) is 10.4. The van der Waals surface area contributed by atoms with E-state index in [4.69, 9.17) is 19.2 Å². The van der Waals surface area contributed by atoms with Crippen molar-refractivity contribution >= 4 is 11.0 Å². The predicted molar refractivity (Wildman–Crippen MR) is 118 cm³/mol. The molecule has 0 saturated carbocycles. The number of benzene rings is 3. The number of rotatable bonds is 8. The molecular weight excluding hydrogens is 414 g/mol. The molecule has 166 valence electrons. The first kappa shape index (κ1) is 21.6. The molecule has 1 aromatic heterocycles. The van der Waals surface area contributed by atoms with Crippen LogP contribution in [0, 0.1) is 11.6 Å². The molecule has 7 heteroatoms. The predicted octanol–water partition coefficient (Wildman–Crippen LogP) is 5.98. The van der Waals surface area contributed by atoms with Gasteiger partial charge in [-0.3, -0.25) is 0 Å². The van der Waals surface area contributed by atoms with Crippen molar-refractivity contribution < 1.29 is 23.0 Å². The van der Waals surface area contributed by atoms with Gasteiger partial charge in [0.2, 0.25) is 0 Å². The number of hydrogen-bond donors (Lipinski definition) is 1. The van der Waals surface area contributed by atoms with Gasteiger partial charge in [-0.1, -0.05) is 13.0 Å². The lowest BCUT2D eigenvalue weighted by Gasteiger charge is -2.15. The van der Waals surface area contributed by atoms with E-state index in [0.717, 1.165) is 46.4 Å². The van der Waals surface area contributed by atoms with Gasteiger partial charge in [-0.25, -0.2) is 13.8 Å². The maximum absolute atomic E-state index is 13.9. The Balaban J connectivity index is 1.55. The van der Waals surface area contributed by atoms with E-state index in [1.165, 1.54) is 7.11 Å². The lowest BCUT2D eigenvalue weighted by atomic mass is 10.00. The van der Waals surface area contributed by atoms with E-state index in [1.807, 2.05) is 44.2 Å². The fourth-order valence-electron chi connectivity index (χ4n) is 3.51. The van der Waals surface area contributed by atoms with Gasteiger partial charge >= 0.3 is 0 Å². The summed E-state index contributed by atoms with van der Waals surface area (Å²) in [6.45, 7) is 4.47. The average molecular weight is 438 g/mol. The first-order chi connectivity index (χ1) is 15.5. The Morgan fingerprint density at radius 2 is 1.81 bits per heavy atom. The fraction of sp³-hybridized carbons (Fsp3) is 0.240. The fourth-order valence-corrected chi connectivity index (χ4v) is 3.51. The van der Waals surface area contributed by atoms with Crippen LogP contribution in [-0.4, -0.2) is 23.7 Å².